The van der Waals surface area contributed by atoms with Crippen molar-refractivity contribution in [1.29, 1.82) is 0 Å². The van der Waals surface area contributed by atoms with Crippen LogP contribution in [0.25, 0.3) is 0 Å². The van der Waals surface area contributed by atoms with Gasteiger partial charge in [-0.15, -0.1) is 5.10 Å². The average Bonchev–Trinajstić information content (AvgIpc) is 2.84. The zero-order valence-corrected chi connectivity index (χ0v) is 11.0. The summed E-state index contributed by atoms with van der Waals surface area (Å²) in [4.78, 5) is 15.3. The van der Waals surface area contributed by atoms with Crippen LogP contribution in [0.5, 0.6) is 0 Å². The summed E-state index contributed by atoms with van der Waals surface area (Å²) in [5, 5.41) is 6.69. The summed E-state index contributed by atoms with van der Waals surface area (Å²) in [6.07, 6.45) is -1.86. The second kappa shape index (κ2) is 5.90. The third-order valence-corrected chi connectivity index (χ3v) is 2.53. The number of carbonyl (C=O) groups excluding carboxylic acids is 1. The smallest absolute Gasteiger partial charge is 0.435 e. The fourth-order valence-corrected chi connectivity index (χ4v) is 1.71. The summed E-state index contributed by atoms with van der Waals surface area (Å²) in [5.74, 6) is -1.15. The van der Waals surface area contributed by atoms with E-state index in [-0.39, 0.29) is 13.2 Å². The number of halogens is 3. The van der Waals surface area contributed by atoms with Crippen LogP contribution >= 0.6 is 0 Å². The minimum atomic E-state index is -4.77. The Hall–Kier alpha value is -2.45. The van der Waals surface area contributed by atoms with Gasteiger partial charge in [-0.2, -0.15) is 13.2 Å². The first-order valence-corrected chi connectivity index (χ1v) is 6.00. The van der Waals surface area contributed by atoms with Gasteiger partial charge >= 0.3 is 12.1 Å². The van der Waals surface area contributed by atoms with Gasteiger partial charge in [0.25, 0.3) is 0 Å². The molecule has 9 heteroatoms. The predicted molar refractivity (Wildman–Crippen MR) is 64.3 cm³/mol. The molecule has 0 amide bonds. The first-order valence-electron chi connectivity index (χ1n) is 6.00. The van der Waals surface area contributed by atoms with Crippen molar-refractivity contribution in [2.75, 3.05) is 6.61 Å². The standard InChI is InChI=1S/C12H11F3N4O2/c1-2-21-11(20)9-10(12(13,14)15)19(18-17-9)7-8-4-3-5-16-6-8/h3-6H,2,7H2,1H3. The number of hydrogen-bond donors (Lipinski definition) is 0. The van der Waals surface area contributed by atoms with E-state index >= 15 is 0 Å². The maximum Gasteiger partial charge on any atom is 0.435 e. The molecule has 0 radical (unpaired) electrons. The van der Waals surface area contributed by atoms with Gasteiger partial charge in [0.15, 0.2) is 5.69 Å². The number of ether oxygens (including phenoxy) is 1. The molecular formula is C12H11F3N4O2. The maximum absolute atomic E-state index is 13.1. The molecular weight excluding hydrogens is 289 g/mol. The highest BCUT2D eigenvalue weighted by atomic mass is 19.4. The molecule has 2 aromatic rings. The molecule has 2 rings (SSSR count). The van der Waals surface area contributed by atoms with Crippen LogP contribution in [-0.2, 0) is 17.5 Å². The van der Waals surface area contributed by atoms with Gasteiger partial charge in [0.1, 0.15) is 0 Å². The molecule has 0 aliphatic carbocycles. The summed E-state index contributed by atoms with van der Waals surface area (Å²) in [7, 11) is 0. The van der Waals surface area contributed by atoms with Crippen LogP contribution in [0.1, 0.15) is 28.7 Å². The molecule has 21 heavy (non-hydrogen) atoms. The van der Waals surface area contributed by atoms with Crippen LogP contribution in [0, 0.1) is 0 Å². The summed E-state index contributed by atoms with van der Waals surface area (Å²) < 4.78 is 44.5. The Morgan fingerprint density at radius 3 is 2.76 bits per heavy atom. The summed E-state index contributed by atoms with van der Waals surface area (Å²) in [6.45, 7) is 1.24. The van der Waals surface area contributed by atoms with Crippen LogP contribution in [0.3, 0.4) is 0 Å². The van der Waals surface area contributed by atoms with Crippen LogP contribution in [0.15, 0.2) is 24.5 Å². The molecule has 6 nitrogen and oxygen atoms in total. The van der Waals surface area contributed by atoms with E-state index in [9.17, 15) is 18.0 Å². The van der Waals surface area contributed by atoms with Crippen molar-refractivity contribution in [1.82, 2.24) is 20.0 Å². The first kappa shape index (κ1) is 14.9. The Morgan fingerprint density at radius 2 is 2.19 bits per heavy atom. The molecule has 0 aliphatic rings. The lowest BCUT2D eigenvalue weighted by Gasteiger charge is -2.10. The second-order valence-electron chi connectivity index (χ2n) is 4.02. The lowest BCUT2D eigenvalue weighted by molar-refractivity contribution is -0.144. The zero-order valence-electron chi connectivity index (χ0n) is 11.0. The minimum Gasteiger partial charge on any atom is -0.461 e. The second-order valence-corrected chi connectivity index (χ2v) is 4.02. The van der Waals surface area contributed by atoms with Gasteiger partial charge in [0.05, 0.1) is 13.2 Å². The molecule has 2 aromatic heterocycles. The number of esters is 1. The van der Waals surface area contributed by atoms with Crippen molar-refractivity contribution in [3.63, 3.8) is 0 Å². The number of pyridine rings is 1. The van der Waals surface area contributed by atoms with Crippen molar-refractivity contribution < 1.29 is 22.7 Å². The molecule has 0 aromatic carbocycles. The van der Waals surface area contributed by atoms with Gasteiger partial charge in [0.2, 0.25) is 5.69 Å². The summed E-state index contributed by atoms with van der Waals surface area (Å²) in [5.41, 5.74) is -1.57. The van der Waals surface area contributed by atoms with Crippen LogP contribution < -0.4 is 0 Å². The number of carbonyl (C=O) groups is 1. The van der Waals surface area contributed by atoms with Crippen LogP contribution in [-0.4, -0.2) is 32.6 Å². The average molecular weight is 300 g/mol. The molecule has 0 atom stereocenters. The third-order valence-electron chi connectivity index (χ3n) is 2.53. The van der Waals surface area contributed by atoms with Gasteiger partial charge in [0, 0.05) is 12.4 Å². The molecule has 0 fully saturated rings. The molecule has 0 spiro atoms. The largest absolute Gasteiger partial charge is 0.461 e. The van der Waals surface area contributed by atoms with E-state index in [1.807, 2.05) is 0 Å². The van der Waals surface area contributed by atoms with E-state index in [1.165, 1.54) is 19.3 Å². The molecule has 0 unspecified atom stereocenters. The van der Waals surface area contributed by atoms with E-state index in [4.69, 9.17) is 0 Å². The summed E-state index contributed by atoms with van der Waals surface area (Å²) >= 11 is 0. The molecule has 0 aliphatic heterocycles. The highest BCUT2D eigenvalue weighted by Crippen LogP contribution is 2.31. The van der Waals surface area contributed by atoms with Crippen molar-refractivity contribution in [3.8, 4) is 0 Å². The lowest BCUT2D eigenvalue weighted by Crippen LogP contribution is -2.20. The highest BCUT2D eigenvalue weighted by molar-refractivity contribution is 5.88. The Kier molecular flexibility index (Phi) is 4.20. The number of alkyl halides is 3. The molecule has 0 bridgehead atoms. The Balaban J connectivity index is 2.40. The van der Waals surface area contributed by atoms with Crippen LogP contribution in [0.4, 0.5) is 13.2 Å². The van der Waals surface area contributed by atoms with Crippen molar-refractivity contribution >= 4 is 5.97 Å². The number of aromatic nitrogens is 4. The highest BCUT2D eigenvalue weighted by Gasteiger charge is 2.42. The fourth-order valence-electron chi connectivity index (χ4n) is 1.71. The molecule has 2 heterocycles. The SMILES string of the molecule is CCOC(=O)c1nnn(Cc2cccnc2)c1C(F)(F)F. The topological polar surface area (TPSA) is 69.9 Å². The molecule has 0 N–H and O–H groups in total. The fraction of sp³-hybridized carbons (Fsp3) is 0.333. The first-order chi connectivity index (χ1) is 9.93. The monoisotopic (exact) mass is 300 g/mol. The van der Waals surface area contributed by atoms with E-state index < -0.39 is 23.5 Å². The van der Waals surface area contributed by atoms with Gasteiger partial charge in [-0.05, 0) is 18.6 Å². The number of nitrogens with zero attached hydrogens (tertiary/aromatic N) is 4. The van der Waals surface area contributed by atoms with Gasteiger partial charge in [-0.25, -0.2) is 9.48 Å². The Morgan fingerprint density at radius 1 is 1.43 bits per heavy atom. The van der Waals surface area contributed by atoms with Gasteiger partial charge in [-0.1, -0.05) is 11.3 Å². The Bertz CT molecular complexity index is 625. The molecule has 112 valence electrons. The van der Waals surface area contributed by atoms with Gasteiger partial charge < -0.3 is 4.74 Å². The maximum atomic E-state index is 13.1. The lowest BCUT2D eigenvalue weighted by atomic mass is 10.2. The quantitative estimate of drug-likeness (QED) is 0.807. The number of hydrogen-bond acceptors (Lipinski definition) is 5. The summed E-state index contributed by atoms with van der Waals surface area (Å²) in [6, 6.07) is 3.19. The van der Waals surface area contributed by atoms with Gasteiger partial charge in [-0.3, -0.25) is 4.98 Å². The molecule has 0 saturated heterocycles. The normalized spacial score (nSPS) is 11.4. The van der Waals surface area contributed by atoms with E-state index in [1.54, 1.807) is 12.1 Å². The third kappa shape index (κ3) is 3.36. The zero-order chi connectivity index (χ0) is 15.5. The van der Waals surface area contributed by atoms with Crippen LogP contribution in [0.2, 0.25) is 0 Å². The van der Waals surface area contributed by atoms with E-state index in [0.29, 0.717) is 10.2 Å². The molecule has 0 saturated carbocycles. The predicted octanol–water partition coefficient (Wildman–Crippen LogP) is 1.92. The van der Waals surface area contributed by atoms with E-state index in [2.05, 4.69) is 20.0 Å². The van der Waals surface area contributed by atoms with Crippen molar-refractivity contribution in [3.05, 3.63) is 41.5 Å². The minimum absolute atomic E-state index is 0.0500. The van der Waals surface area contributed by atoms with Crippen molar-refractivity contribution in [2.45, 2.75) is 19.6 Å². The Labute approximate surface area is 117 Å². The van der Waals surface area contributed by atoms with E-state index in [0.717, 1.165) is 0 Å². The number of rotatable bonds is 4. The van der Waals surface area contributed by atoms with Crippen molar-refractivity contribution in [2.24, 2.45) is 0 Å².